The third-order valence-electron chi connectivity index (χ3n) is 2.67. The van der Waals surface area contributed by atoms with Crippen LogP contribution in [-0.4, -0.2) is 11.0 Å². The van der Waals surface area contributed by atoms with Crippen LogP contribution in [0.5, 0.6) is 5.75 Å². The predicted molar refractivity (Wildman–Crippen MR) is 70.2 cm³/mol. The Labute approximate surface area is 114 Å². The van der Waals surface area contributed by atoms with Gasteiger partial charge in [0.2, 0.25) is 17.1 Å². The van der Waals surface area contributed by atoms with Gasteiger partial charge in [-0.1, -0.05) is 18.2 Å². The fraction of sp³-hybridized carbons (Fsp3) is 0.143. The van der Waals surface area contributed by atoms with Crippen LogP contribution in [0.4, 0.5) is 0 Å². The number of carbonyl (C=O) groups is 1. The number of benzene rings is 1. The molecule has 2 aromatic rings. The van der Waals surface area contributed by atoms with Crippen molar-refractivity contribution in [3.8, 4) is 5.75 Å². The molecule has 1 amide bonds. The molecule has 6 heteroatoms. The van der Waals surface area contributed by atoms with E-state index in [1.54, 1.807) is 24.3 Å². The average molecular weight is 275 g/mol. The zero-order valence-corrected chi connectivity index (χ0v) is 10.5. The molecule has 20 heavy (non-hydrogen) atoms. The van der Waals surface area contributed by atoms with Crippen molar-refractivity contribution in [1.29, 1.82) is 0 Å². The highest BCUT2D eigenvalue weighted by atomic mass is 16.5. The molecule has 0 bridgehead atoms. The number of nitrogens with two attached hydrogens (primary N) is 1. The highest BCUT2D eigenvalue weighted by molar-refractivity contribution is 5.94. The van der Waals surface area contributed by atoms with Crippen molar-refractivity contribution in [2.75, 3.05) is 0 Å². The largest absolute Gasteiger partial charge is 0.482 e. The van der Waals surface area contributed by atoms with Crippen molar-refractivity contribution in [2.24, 2.45) is 5.73 Å². The number of amides is 1. The van der Waals surface area contributed by atoms with Crippen molar-refractivity contribution in [2.45, 2.75) is 13.2 Å². The highest BCUT2D eigenvalue weighted by Gasteiger charge is 2.09. The van der Waals surface area contributed by atoms with E-state index in [2.05, 4.69) is 0 Å². The first-order chi connectivity index (χ1) is 9.61. The van der Waals surface area contributed by atoms with Crippen LogP contribution in [0.2, 0.25) is 0 Å². The Morgan fingerprint density at radius 1 is 1.35 bits per heavy atom. The summed E-state index contributed by atoms with van der Waals surface area (Å²) in [5, 5.41) is 8.83. The van der Waals surface area contributed by atoms with E-state index >= 15 is 0 Å². The SMILES string of the molecule is NC(=O)c1ccccc1COc1coc(CO)cc1=O. The van der Waals surface area contributed by atoms with Crippen molar-refractivity contribution in [3.63, 3.8) is 0 Å². The smallest absolute Gasteiger partial charge is 0.249 e. The Kier molecular flexibility index (Phi) is 4.17. The van der Waals surface area contributed by atoms with E-state index in [4.69, 9.17) is 20.0 Å². The number of primary amides is 1. The number of aliphatic hydroxyl groups excluding tert-OH is 1. The van der Waals surface area contributed by atoms with Crippen LogP contribution in [0.25, 0.3) is 0 Å². The lowest BCUT2D eigenvalue weighted by Gasteiger charge is -2.08. The van der Waals surface area contributed by atoms with Crippen molar-refractivity contribution >= 4 is 5.91 Å². The minimum Gasteiger partial charge on any atom is -0.482 e. The van der Waals surface area contributed by atoms with Crippen LogP contribution in [0.15, 0.2) is 45.8 Å². The zero-order valence-electron chi connectivity index (χ0n) is 10.5. The highest BCUT2D eigenvalue weighted by Crippen LogP contribution is 2.12. The quantitative estimate of drug-likeness (QED) is 0.840. The molecular weight excluding hydrogens is 262 g/mol. The minimum atomic E-state index is -0.563. The molecule has 0 saturated carbocycles. The fourth-order valence-electron chi connectivity index (χ4n) is 1.67. The Bertz CT molecular complexity index is 677. The van der Waals surface area contributed by atoms with Crippen molar-refractivity contribution in [3.05, 3.63) is 63.7 Å². The maximum atomic E-state index is 11.7. The first kappa shape index (κ1) is 13.8. The first-order valence-electron chi connectivity index (χ1n) is 5.85. The van der Waals surface area contributed by atoms with Crippen LogP contribution >= 0.6 is 0 Å². The molecule has 0 spiro atoms. The monoisotopic (exact) mass is 275 g/mol. The van der Waals surface area contributed by atoms with Crippen LogP contribution in [0.3, 0.4) is 0 Å². The van der Waals surface area contributed by atoms with Gasteiger partial charge in [-0.2, -0.15) is 0 Å². The van der Waals surface area contributed by atoms with Gasteiger partial charge in [-0.25, -0.2) is 0 Å². The zero-order chi connectivity index (χ0) is 14.5. The second kappa shape index (κ2) is 6.03. The average Bonchev–Trinajstić information content (AvgIpc) is 2.46. The van der Waals surface area contributed by atoms with E-state index in [9.17, 15) is 9.59 Å². The Balaban J connectivity index is 2.17. The van der Waals surface area contributed by atoms with Gasteiger partial charge < -0.3 is 20.0 Å². The second-order valence-electron chi connectivity index (χ2n) is 4.04. The summed E-state index contributed by atoms with van der Waals surface area (Å²) in [6.45, 7) is -0.345. The van der Waals surface area contributed by atoms with Gasteiger partial charge in [0.1, 0.15) is 25.2 Å². The molecule has 3 N–H and O–H groups in total. The number of hydrogen-bond acceptors (Lipinski definition) is 5. The van der Waals surface area contributed by atoms with E-state index in [1.807, 2.05) is 0 Å². The summed E-state index contributed by atoms with van der Waals surface area (Å²) in [4.78, 5) is 22.9. The Hall–Kier alpha value is -2.60. The maximum Gasteiger partial charge on any atom is 0.249 e. The molecule has 2 rings (SSSR count). The van der Waals surface area contributed by atoms with Crippen LogP contribution in [-0.2, 0) is 13.2 Å². The van der Waals surface area contributed by atoms with E-state index in [-0.39, 0.29) is 24.7 Å². The predicted octanol–water partition coefficient (Wildman–Crippen LogP) is 0.810. The summed E-state index contributed by atoms with van der Waals surface area (Å²) in [6.07, 6.45) is 1.13. The van der Waals surface area contributed by atoms with Crippen LogP contribution in [0, 0.1) is 0 Å². The Morgan fingerprint density at radius 2 is 2.10 bits per heavy atom. The lowest BCUT2D eigenvalue weighted by Crippen LogP contribution is -2.15. The number of carbonyl (C=O) groups excluding carboxylic acids is 1. The van der Waals surface area contributed by atoms with Gasteiger partial charge in [0.15, 0.2) is 0 Å². The third-order valence-corrected chi connectivity index (χ3v) is 2.67. The number of aliphatic hydroxyl groups is 1. The topological polar surface area (TPSA) is 103 Å². The summed E-state index contributed by atoms with van der Waals surface area (Å²) in [7, 11) is 0. The van der Waals surface area contributed by atoms with Crippen molar-refractivity contribution < 1.29 is 19.1 Å². The summed E-state index contributed by atoms with van der Waals surface area (Å²) in [5.41, 5.74) is 5.75. The summed E-state index contributed by atoms with van der Waals surface area (Å²) in [6, 6.07) is 7.84. The van der Waals surface area contributed by atoms with Crippen LogP contribution in [0.1, 0.15) is 21.7 Å². The number of hydrogen-bond donors (Lipinski definition) is 2. The summed E-state index contributed by atoms with van der Waals surface area (Å²) in [5.74, 6) is -0.409. The van der Waals surface area contributed by atoms with E-state index < -0.39 is 11.3 Å². The van der Waals surface area contributed by atoms with E-state index in [0.717, 1.165) is 12.3 Å². The molecular formula is C14H13NO5. The normalized spacial score (nSPS) is 10.2. The second-order valence-corrected chi connectivity index (χ2v) is 4.04. The van der Waals surface area contributed by atoms with Crippen LogP contribution < -0.4 is 15.9 Å². The minimum absolute atomic E-state index is 0.00136. The lowest BCUT2D eigenvalue weighted by atomic mass is 10.1. The number of ether oxygens (including phenoxy) is 1. The molecule has 6 nitrogen and oxygen atoms in total. The molecule has 0 unspecified atom stereocenters. The molecule has 1 aromatic carbocycles. The molecule has 0 atom stereocenters. The van der Waals surface area contributed by atoms with Gasteiger partial charge in [0.05, 0.1) is 0 Å². The molecule has 1 heterocycles. The van der Waals surface area contributed by atoms with Crippen molar-refractivity contribution in [1.82, 2.24) is 0 Å². The van der Waals surface area contributed by atoms with Gasteiger partial charge in [-0.05, 0) is 6.07 Å². The molecule has 0 fully saturated rings. The first-order valence-corrected chi connectivity index (χ1v) is 5.85. The molecule has 0 aliphatic rings. The molecule has 0 saturated heterocycles. The standard InChI is InChI=1S/C14H13NO5/c15-14(18)11-4-2-1-3-9(11)7-20-13-8-19-10(6-16)5-12(13)17/h1-5,8,16H,6-7H2,(H2,15,18). The van der Waals surface area contributed by atoms with Gasteiger partial charge in [0.25, 0.3) is 0 Å². The van der Waals surface area contributed by atoms with Gasteiger partial charge >= 0.3 is 0 Å². The molecule has 0 aliphatic carbocycles. The Morgan fingerprint density at radius 3 is 2.75 bits per heavy atom. The summed E-state index contributed by atoms with van der Waals surface area (Å²) < 4.78 is 10.3. The molecule has 104 valence electrons. The lowest BCUT2D eigenvalue weighted by molar-refractivity contribution is 0.0998. The summed E-state index contributed by atoms with van der Waals surface area (Å²) >= 11 is 0. The maximum absolute atomic E-state index is 11.7. The molecule has 0 aliphatic heterocycles. The van der Waals surface area contributed by atoms with Gasteiger partial charge in [-0.15, -0.1) is 0 Å². The van der Waals surface area contributed by atoms with E-state index in [0.29, 0.717) is 11.1 Å². The van der Waals surface area contributed by atoms with Gasteiger partial charge in [-0.3, -0.25) is 9.59 Å². The van der Waals surface area contributed by atoms with Gasteiger partial charge in [0, 0.05) is 17.2 Å². The fourth-order valence-corrected chi connectivity index (χ4v) is 1.67. The van der Waals surface area contributed by atoms with E-state index in [1.165, 1.54) is 0 Å². The third kappa shape index (κ3) is 3.04. The molecule has 0 radical (unpaired) electrons. The molecule has 1 aromatic heterocycles. The number of rotatable bonds is 5.